The number of phenols is 1. The van der Waals surface area contributed by atoms with Crippen molar-refractivity contribution in [1.29, 1.82) is 0 Å². The van der Waals surface area contributed by atoms with Gasteiger partial charge in [0.25, 0.3) is 0 Å². The summed E-state index contributed by atoms with van der Waals surface area (Å²) in [5.74, 6) is 0.179. The van der Waals surface area contributed by atoms with Crippen molar-refractivity contribution in [3.05, 3.63) is 48.1 Å². The van der Waals surface area contributed by atoms with Crippen LogP contribution in [-0.4, -0.2) is 35.7 Å². The Morgan fingerprint density at radius 3 is 2.81 bits per heavy atom. The Morgan fingerprint density at radius 1 is 1.33 bits per heavy atom. The number of aliphatic hydroxyl groups excluding tert-OH is 1. The molecule has 3 N–H and O–H groups in total. The lowest BCUT2D eigenvalue weighted by Crippen LogP contribution is -2.44. The van der Waals surface area contributed by atoms with Crippen LogP contribution in [0.3, 0.4) is 0 Å². The molecule has 1 heterocycles. The van der Waals surface area contributed by atoms with Crippen LogP contribution >= 0.6 is 0 Å². The minimum absolute atomic E-state index is 0.0656. The lowest BCUT2D eigenvalue weighted by molar-refractivity contribution is -0.120. The minimum Gasteiger partial charge on any atom is -0.507 e. The molecular weight excluding hydrogens is 266 g/mol. The number of aliphatic hydroxyl groups is 1. The first-order valence-electron chi connectivity index (χ1n) is 7.22. The fourth-order valence-electron chi connectivity index (χ4n) is 3.37. The molecule has 1 aliphatic carbocycles. The van der Waals surface area contributed by atoms with E-state index in [2.05, 4.69) is 5.32 Å². The van der Waals surface area contributed by atoms with Gasteiger partial charge in [0.2, 0.25) is 0 Å². The summed E-state index contributed by atoms with van der Waals surface area (Å²) in [6.45, 7) is 1.57. The van der Waals surface area contributed by atoms with Crippen LogP contribution in [0.25, 0.3) is 5.57 Å². The molecule has 1 aromatic rings. The first-order valence-corrected chi connectivity index (χ1v) is 7.22. The Morgan fingerprint density at radius 2 is 2.14 bits per heavy atom. The number of carbonyl (C=O) groups is 1. The Balaban J connectivity index is 2.02. The summed E-state index contributed by atoms with van der Waals surface area (Å²) in [5.41, 5.74) is 0.247. The maximum absolute atomic E-state index is 11.8. The molecular formula is C17H19NO3. The number of benzene rings is 1. The van der Waals surface area contributed by atoms with Crippen molar-refractivity contribution in [2.75, 3.05) is 13.1 Å². The monoisotopic (exact) mass is 285 g/mol. The van der Waals surface area contributed by atoms with Gasteiger partial charge in [-0.2, -0.15) is 0 Å². The smallest absolute Gasteiger partial charge is 0.133 e. The third-order valence-electron chi connectivity index (χ3n) is 4.62. The van der Waals surface area contributed by atoms with E-state index in [9.17, 15) is 15.0 Å². The fraction of sp³-hybridized carbons (Fsp3) is 0.353. The maximum atomic E-state index is 11.8. The van der Waals surface area contributed by atoms with Gasteiger partial charge in [0.15, 0.2) is 0 Å². The van der Waals surface area contributed by atoms with Crippen LogP contribution in [0.5, 0.6) is 5.75 Å². The molecule has 3 unspecified atom stereocenters. The quantitative estimate of drug-likeness (QED) is 0.736. The zero-order chi connectivity index (χ0) is 14.9. The number of rotatable bonds is 3. The Hall–Kier alpha value is -1.91. The molecule has 1 fully saturated rings. The van der Waals surface area contributed by atoms with Crippen LogP contribution in [-0.2, 0) is 4.79 Å². The van der Waals surface area contributed by atoms with Gasteiger partial charge in [-0.05, 0) is 37.1 Å². The molecule has 0 radical (unpaired) electrons. The fourth-order valence-corrected chi connectivity index (χ4v) is 3.37. The van der Waals surface area contributed by atoms with E-state index in [-0.39, 0.29) is 11.7 Å². The highest BCUT2D eigenvalue weighted by atomic mass is 16.3. The SMILES string of the molecule is O=CC1(C2CCNC2)C=CC=C(c2ccccc2O)C1O. The first kappa shape index (κ1) is 14.0. The minimum atomic E-state index is -0.946. The summed E-state index contributed by atoms with van der Waals surface area (Å²) < 4.78 is 0. The molecule has 1 saturated heterocycles. The Bertz CT molecular complexity index is 602. The molecule has 4 heteroatoms. The molecule has 3 rings (SSSR count). The number of allylic oxidation sites excluding steroid dienone is 2. The highest BCUT2D eigenvalue weighted by molar-refractivity contribution is 5.82. The summed E-state index contributed by atoms with van der Waals surface area (Å²) in [5, 5.41) is 24.1. The maximum Gasteiger partial charge on any atom is 0.133 e. The topological polar surface area (TPSA) is 69.6 Å². The molecule has 4 nitrogen and oxygen atoms in total. The van der Waals surface area contributed by atoms with E-state index in [4.69, 9.17) is 0 Å². The van der Waals surface area contributed by atoms with Crippen molar-refractivity contribution >= 4 is 11.9 Å². The van der Waals surface area contributed by atoms with Gasteiger partial charge in [-0.3, -0.25) is 0 Å². The zero-order valence-electron chi connectivity index (χ0n) is 11.7. The predicted octanol–water partition coefficient (Wildman–Crippen LogP) is 1.50. The van der Waals surface area contributed by atoms with E-state index < -0.39 is 11.5 Å². The second-order valence-corrected chi connectivity index (χ2v) is 5.71. The standard InChI is InChI=1S/C17H19NO3/c19-11-17(12-7-9-18-10-12)8-3-5-14(16(17)21)13-4-1-2-6-15(13)20/h1-6,8,11-12,16,18,20-21H,7,9-10H2. The van der Waals surface area contributed by atoms with Gasteiger partial charge in [-0.1, -0.05) is 36.4 Å². The van der Waals surface area contributed by atoms with E-state index in [0.717, 1.165) is 19.3 Å². The van der Waals surface area contributed by atoms with Crippen LogP contribution in [0.1, 0.15) is 12.0 Å². The van der Waals surface area contributed by atoms with Gasteiger partial charge in [0.05, 0.1) is 11.5 Å². The van der Waals surface area contributed by atoms with Crippen LogP contribution in [0, 0.1) is 11.3 Å². The molecule has 0 amide bonds. The Kier molecular flexibility index (Phi) is 3.66. The van der Waals surface area contributed by atoms with Gasteiger partial charge >= 0.3 is 0 Å². The highest BCUT2D eigenvalue weighted by Crippen LogP contribution is 2.44. The number of aldehydes is 1. The normalized spacial score (nSPS) is 32.0. The van der Waals surface area contributed by atoms with Crippen molar-refractivity contribution in [3.8, 4) is 5.75 Å². The summed E-state index contributed by atoms with van der Waals surface area (Å²) in [6, 6.07) is 6.88. The van der Waals surface area contributed by atoms with Gasteiger partial charge in [-0.15, -0.1) is 0 Å². The molecule has 110 valence electrons. The molecule has 0 bridgehead atoms. The summed E-state index contributed by atoms with van der Waals surface area (Å²) in [4.78, 5) is 11.8. The number of carbonyl (C=O) groups excluding carboxylic acids is 1. The molecule has 0 saturated carbocycles. The second kappa shape index (κ2) is 5.47. The Labute approximate surface area is 123 Å². The number of phenolic OH excluding ortho intramolecular Hbond substituents is 1. The molecule has 3 atom stereocenters. The lowest BCUT2D eigenvalue weighted by atomic mass is 9.66. The van der Waals surface area contributed by atoms with E-state index in [1.54, 1.807) is 42.5 Å². The van der Waals surface area contributed by atoms with Gasteiger partial charge in [0, 0.05) is 5.56 Å². The van der Waals surface area contributed by atoms with Crippen LogP contribution in [0.15, 0.2) is 42.5 Å². The zero-order valence-corrected chi connectivity index (χ0v) is 11.7. The number of nitrogens with one attached hydrogen (secondary N) is 1. The highest BCUT2D eigenvalue weighted by Gasteiger charge is 2.47. The number of para-hydroxylation sites is 1. The molecule has 0 aromatic heterocycles. The second-order valence-electron chi connectivity index (χ2n) is 5.71. The number of aromatic hydroxyl groups is 1. The van der Waals surface area contributed by atoms with Crippen molar-refractivity contribution in [3.63, 3.8) is 0 Å². The van der Waals surface area contributed by atoms with Crippen LogP contribution in [0.2, 0.25) is 0 Å². The number of hydrogen-bond donors (Lipinski definition) is 3. The van der Waals surface area contributed by atoms with Gasteiger partial charge < -0.3 is 20.3 Å². The number of hydrogen-bond acceptors (Lipinski definition) is 4. The lowest BCUT2D eigenvalue weighted by Gasteiger charge is -2.38. The van der Waals surface area contributed by atoms with Crippen molar-refractivity contribution in [2.24, 2.45) is 11.3 Å². The van der Waals surface area contributed by atoms with Gasteiger partial charge in [-0.25, -0.2) is 0 Å². The largest absolute Gasteiger partial charge is 0.507 e. The summed E-state index contributed by atoms with van der Waals surface area (Å²) >= 11 is 0. The summed E-state index contributed by atoms with van der Waals surface area (Å²) in [6.07, 6.45) is 6.14. The molecule has 1 aromatic carbocycles. The van der Waals surface area contributed by atoms with Gasteiger partial charge in [0.1, 0.15) is 12.0 Å². The molecule has 21 heavy (non-hydrogen) atoms. The van der Waals surface area contributed by atoms with Crippen molar-refractivity contribution < 1.29 is 15.0 Å². The average molecular weight is 285 g/mol. The molecule has 2 aliphatic rings. The first-order chi connectivity index (χ1) is 10.2. The average Bonchev–Trinajstić information content (AvgIpc) is 3.03. The van der Waals surface area contributed by atoms with E-state index in [1.165, 1.54) is 0 Å². The van der Waals surface area contributed by atoms with Crippen molar-refractivity contribution in [2.45, 2.75) is 12.5 Å². The van der Waals surface area contributed by atoms with Crippen molar-refractivity contribution in [1.82, 2.24) is 5.32 Å². The third-order valence-corrected chi connectivity index (χ3v) is 4.62. The predicted molar refractivity (Wildman–Crippen MR) is 80.7 cm³/mol. The molecule has 1 aliphatic heterocycles. The summed E-state index contributed by atoms with van der Waals surface area (Å²) in [7, 11) is 0. The van der Waals surface area contributed by atoms with E-state index in [0.29, 0.717) is 17.7 Å². The van der Waals surface area contributed by atoms with Crippen LogP contribution < -0.4 is 5.32 Å². The molecule has 0 spiro atoms. The third kappa shape index (κ3) is 2.20. The van der Waals surface area contributed by atoms with E-state index in [1.807, 2.05) is 0 Å². The van der Waals surface area contributed by atoms with Crippen LogP contribution in [0.4, 0.5) is 0 Å². The van der Waals surface area contributed by atoms with E-state index >= 15 is 0 Å².